The molecule has 0 spiro atoms. The Balaban J connectivity index is 1.45. The summed E-state index contributed by atoms with van der Waals surface area (Å²) in [5.74, 6) is 2.24. The number of imidazole rings is 1. The number of hydrogen-bond acceptors (Lipinski definition) is 4. The summed E-state index contributed by atoms with van der Waals surface area (Å²) < 4.78 is 7.81. The fraction of sp³-hybridized carbons (Fsp3) is 0.333. The first kappa shape index (κ1) is 16.8. The zero-order valence-electron chi connectivity index (χ0n) is 14.8. The Morgan fingerprint density at radius 1 is 1.23 bits per heavy atom. The zero-order chi connectivity index (χ0) is 18.1. The average Bonchev–Trinajstić information content (AvgIpc) is 3.43. The molecule has 1 atom stereocenters. The first-order chi connectivity index (χ1) is 12.6. The van der Waals surface area contributed by atoms with Gasteiger partial charge in [-0.3, -0.25) is 4.79 Å². The van der Waals surface area contributed by atoms with Crippen LogP contribution in [0.3, 0.4) is 0 Å². The molecule has 2 aromatic carbocycles. The van der Waals surface area contributed by atoms with Crippen molar-refractivity contribution in [2.75, 3.05) is 6.61 Å². The minimum absolute atomic E-state index is 0.0242. The topological polar surface area (TPSA) is 64.3 Å². The molecule has 1 N–H and O–H groups in total. The number of hydrogen-bond donors (Lipinski definition) is 1. The lowest BCUT2D eigenvalue weighted by atomic mass is 10.1. The number of para-hydroxylation sites is 2. The standard InChI is InChI=1S/C21H22N2O3/c1-14(24)15-8-10-18(11-9-15)26-13-17(25)12-23-20-5-3-2-4-19(20)22-21(23)16-6-7-16/h2-5,8-11,16-17,25H,6-7,12-13H2,1H3. The number of nitrogens with zero attached hydrogens (tertiary/aromatic N) is 2. The number of aromatic nitrogens is 2. The van der Waals surface area contributed by atoms with Crippen LogP contribution in [0, 0.1) is 0 Å². The van der Waals surface area contributed by atoms with Crippen molar-refractivity contribution in [1.29, 1.82) is 0 Å². The first-order valence-electron chi connectivity index (χ1n) is 8.99. The van der Waals surface area contributed by atoms with Crippen molar-refractivity contribution in [2.45, 2.75) is 38.3 Å². The predicted octanol–water partition coefficient (Wildman–Crippen LogP) is 3.56. The van der Waals surface area contributed by atoms with Crippen molar-refractivity contribution >= 4 is 16.8 Å². The molecule has 1 aliphatic carbocycles. The van der Waals surface area contributed by atoms with E-state index in [1.54, 1.807) is 24.3 Å². The molecule has 5 heteroatoms. The van der Waals surface area contributed by atoms with Crippen molar-refractivity contribution < 1.29 is 14.6 Å². The van der Waals surface area contributed by atoms with E-state index in [1.165, 1.54) is 19.8 Å². The van der Waals surface area contributed by atoms with Crippen LogP contribution in [0.1, 0.15) is 41.9 Å². The minimum atomic E-state index is -0.641. The number of ketones is 1. The Hall–Kier alpha value is -2.66. The van der Waals surface area contributed by atoms with Gasteiger partial charge < -0.3 is 14.4 Å². The number of carbonyl (C=O) groups is 1. The Kier molecular flexibility index (Phi) is 4.47. The predicted molar refractivity (Wildman–Crippen MR) is 99.7 cm³/mol. The lowest BCUT2D eigenvalue weighted by Crippen LogP contribution is -2.24. The highest BCUT2D eigenvalue weighted by Gasteiger charge is 2.30. The van der Waals surface area contributed by atoms with Crippen LogP contribution in [0.4, 0.5) is 0 Å². The van der Waals surface area contributed by atoms with E-state index >= 15 is 0 Å². The van der Waals surface area contributed by atoms with Crippen molar-refractivity contribution in [3.63, 3.8) is 0 Å². The molecular weight excluding hydrogens is 328 g/mol. The lowest BCUT2D eigenvalue weighted by Gasteiger charge is -2.15. The van der Waals surface area contributed by atoms with Crippen LogP contribution in [0.15, 0.2) is 48.5 Å². The van der Waals surface area contributed by atoms with E-state index in [0.717, 1.165) is 16.9 Å². The highest BCUT2D eigenvalue weighted by atomic mass is 16.5. The van der Waals surface area contributed by atoms with E-state index < -0.39 is 6.10 Å². The van der Waals surface area contributed by atoms with E-state index in [0.29, 0.717) is 23.8 Å². The minimum Gasteiger partial charge on any atom is -0.491 e. The average molecular weight is 350 g/mol. The second kappa shape index (κ2) is 6.92. The second-order valence-corrected chi connectivity index (χ2v) is 6.89. The molecule has 0 radical (unpaired) electrons. The van der Waals surface area contributed by atoms with E-state index in [4.69, 9.17) is 9.72 Å². The SMILES string of the molecule is CC(=O)c1ccc(OCC(O)Cn2c(C3CC3)nc3ccccc32)cc1. The maximum Gasteiger partial charge on any atom is 0.159 e. The van der Waals surface area contributed by atoms with Gasteiger partial charge in [0, 0.05) is 11.5 Å². The fourth-order valence-electron chi connectivity index (χ4n) is 3.18. The van der Waals surface area contributed by atoms with Gasteiger partial charge in [-0.2, -0.15) is 0 Å². The lowest BCUT2D eigenvalue weighted by molar-refractivity contribution is 0.0926. The van der Waals surface area contributed by atoms with Gasteiger partial charge in [-0.15, -0.1) is 0 Å². The van der Waals surface area contributed by atoms with Crippen LogP contribution < -0.4 is 4.74 Å². The van der Waals surface area contributed by atoms with E-state index in [9.17, 15) is 9.90 Å². The number of Topliss-reactive ketones (excluding diaryl/α,β-unsaturated/α-hetero) is 1. The summed E-state index contributed by atoms with van der Waals surface area (Å²) in [6, 6.07) is 15.0. The quantitative estimate of drug-likeness (QED) is 0.662. The van der Waals surface area contributed by atoms with Gasteiger partial charge >= 0.3 is 0 Å². The highest BCUT2D eigenvalue weighted by Crippen LogP contribution is 2.40. The molecule has 1 heterocycles. The van der Waals surface area contributed by atoms with Crippen molar-refractivity contribution in [1.82, 2.24) is 9.55 Å². The second-order valence-electron chi connectivity index (χ2n) is 6.89. The number of ether oxygens (including phenoxy) is 1. The van der Waals surface area contributed by atoms with Gasteiger partial charge in [0.05, 0.1) is 17.6 Å². The molecule has 5 nitrogen and oxygen atoms in total. The van der Waals surface area contributed by atoms with E-state index in [2.05, 4.69) is 4.57 Å². The van der Waals surface area contributed by atoms with Crippen molar-refractivity contribution in [2.24, 2.45) is 0 Å². The smallest absolute Gasteiger partial charge is 0.159 e. The van der Waals surface area contributed by atoms with E-state index in [-0.39, 0.29) is 12.4 Å². The molecule has 1 saturated carbocycles. The van der Waals surface area contributed by atoms with E-state index in [1.807, 2.05) is 24.3 Å². The van der Waals surface area contributed by atoms with Crippen LogP contribution in [0.2, 0.25) is 0 Å². The number of benzene rings is 2. The van der Waals surface area contributed by atoms with Gasteiger partial charge in [0.1, 0.15) is 24.3 Å². The van der Waals surface area contributed by atoms with Gasteiger partial charge in [-0.1, -0.05) is 12.1 Å². The van der Waals surface area contributed by atoms with Crippen LogP contribution in [0.25, 0.3) is 11.0 Å². The van der Waals surface area contributed by atoms with Crippen molar-refractivity contribution in [3.8, 4) is 5.75 Å². The zero-order valence-corrected chi connectivity index (χ0v) is 14.8. The summed E-state index contributed by atoms with van der Waals surface area (Å²) in [7, 11) is 0. The first-order valence-corrected chi connectivity index (χ1v) is 8.99. The maximum absolute atomic E-state index is 11.3. The van der Waals surface area contributed by atoms with Gasteiger partial charge in [0.25, 0.3) is 0 Å². The van der Waals surface area contributed by atoms with Crippen LogP contribution in [-0.4, -0.2) is 33.2 Å². The normalized spacial score (nSPS) is 15.2. The Labute approximate surface area is 152 Å². The van der Waals surface area contributed by atoms with Crippen molar-refractivity contribution in [3.05, 3.63) is 59.9 Å². The Bertz CT molecular complexity index is 926. The molecular formula is C21H22N2O3. The molecule has 134 valence electrons. The van der Waals surface area contributed by atoms with Gasteiger partial charge in [0.15, 0.2) is 5.78 Å². The maximum atomic E-state index is 11.3. The highest BCUT2D eigenvalue weighted by molar-refractivity contribution is 5.94. The third kappa shape index (κ3) is 3.48. The number of aliphatic hydroxyl groups is 1. The molecule has 1 unspecified atom stereocenters. The third-order valence-corrected chi connectivity index (χ3v) is 4.72. The number of fused-ring (bicyclic) bond motifs is 1. The molecule has 0 saturated heterocycles. The van der Waals surface area contributed by atoms with Crippen LogP contribution in [-0.2, 0) is 6.54 Å². The molecule has 26 heavy (non-hydrogen) atoms. The number of carbonyl (C=O) groups excluding carboxylic acids is 1. The number of aliphatic hydroxyl groups excluding tert-OH is 1. The summed E-state index contributed by atoms with van der Waals surface area (Å²) in [6.07, 6.45) is 1.69. The molecule has 0 aliphatic heterocycles. The molecule has 3 aromatic rings. The fourth-order valence-corrected chi connectivity index (χ4v) is 3.18. The largest absolute Gasteiger partial charge is 0.491 e. The Morgan fingerprint density at radius 2 is 1.96 bits per heavy atom. The monoisotopic (exact) mass is 350 g/mol. The number of rotatable bonds is 7. The molecule has 1 fully saturated rings. The van der Waals surface area contributed by atoms with Gasteiger partial charge in [0.2, 0.25) is 0 Å². The molecule has 0 amide bonds. The summed E-state index contributed by atoms with van der Waals surface area (Å²) in [6.45, 7) is 2.18. The van der Waals surface area contributed by atoms with Gasteiger partial charge in [-0.25, -0.2) is 4.98 Å². The molecule has 0 bridgehead atoms. The molecule has 1 aliphatic rings. The molecule has 4 rings (SSSR count). The Morgan fingerprint density at radius 3 is 2.65 bits per heavy atom. The van der Waals surface area contributed by atoms with Gasteiger partial charge in [-0.05, 0) is 56.2 Å². The third-order valence-electron chi connectivity index (χ3n) is 4.72. The summed E-state index contributed by atoms with van der Waals surface area (Å²) >= 11 is 0. The molecule has 1 aromatic heterocycles. The van der Waals surface area contributed by atoms with Crippen LogP contribution >= 0.6 is 0 Å². The summed E-state index contributed by atoms with van der Waals surface area (Å²) in [4.78, 5) is 16.1. The van der Waals surface area contributed by atoms with Crippen LogP contribution in [0.5, 0.6) is 5.75 Å². The summed E-state index contributed by atoms with van der Waals surface area (Å²) in [5.41, 5.74) is 2.68. The summed E-state index contributed by atoms with van der Waals surface area (Å²) in [5, 5.41) is 10.5.